The molecule has 7 nitrogen and oxygen atoms in total. The van der Waals surface area contributed by atoms with Crippen molar-refractivity contribution in [1.29, 1.82) is 0 Å². The summed E-state index contributed by atoms with van der Waals surface area (Å²) in [4.78, 5) is 11.9. The van der Waals surface area contributed by atoms with Crippen molar-refractivity contribution in [3.63, 3.8) is 0 Å². The molecule has 3 rings (SSSR count). The van der Waals surface area contributed by atoms with E-state index >= 15 is 0 Å². The normalized spacial score (nSPS) is 14.0. The Balaban J connectivity index is 1.59. The van der Waals surface area contributed by atoms with Crippen LogP contribution < -0.4 is 14.8 Å². The Morgan fingerprint density at radius 3 is 2.83 bits per heavy atom. The number of nitrogens with one attached hydrogen (secondary N) is 1. The molecule has 128 valence electrons. The van der Waals surface area contributed by atoms with Crippen molar-refractivity contribution in [1.82, 2.24) is 15.5 Å². The average Bonchev–Trinajstić information content (AvgIpc) is 3.21. The molecule has 0 spiro atoms. The molecule has 0 saturated heterocycles. The zero-order chi connectivity index (χ0) is 17.1. The average molecular weight is 349 g/mol. The van der Waals surface area contributed by atoms with Gasteiger partial charge in [-0.25, -0.2) is 0 Å². The Bertz CT molecular complexity index is 732. The van der Waals surface area contributed by atoms with Crippen molar-refractivity contribution in [2.45, 2.75) is 32.0 Å². The van der Waals surface area contributed by atoms with Gasteiger partial charge in [-0.1, -0.05) is 25.6 Å². The van der Waals surface area contributed by atoms with Gasteiger partial charge in [-0.15, -0.1) is 10.2 Å². The van der Waals surface area contributed by atoms with E-state index in [-0.39, 0.29) is 24.5 Å². The predicted molar refractivity (Wildman–Crippen MR) is 89.0 cm³/mol. The fourth-order valence-corrected chi connectivity index (χ4v) is 2.58. The van der Waals surface area contributed by atoms with Gasteiger partial charge in [-0.05, 0) is 31.0 Å². The van der Waals surface area contributed by atoms with Crippen LogP contribution in [0.4, 0.5) is 0 Å². The maximum absolute atomic E-state index is 11.9. The second-order valence-electron chi connectivity index (χ2n) is 5.83. The summed E-state index contributed by atoms with van der Waals surface area (Å²) in [6.45, 7) is 6.33. The molecule has 2 aromatic rings. The molecule has 1 aromatic heterocycles. The third-order valence-electron chi connectivity index (χ3n) is 3.74. The van der Waals surface area contributed by atoms with Crippen LogP contribution in [0.1, 0.15) is 20.8 Å². The first-order chi connectivity index (χ1) is 11.5. The third-order valence-corrected chi connectivity index (χ3v) is 4.56. The van der Waals surface area contributed by atoms with Gasteiger partial charge < -0.3 is 19.2 Å². The van der Waals surface area contributed by atoms with Gasteiger partial charge in [0.1, 0.15) is 0 Å². The van der Waals surface area contributed by atoms with E-state index in [0.29, 0.717) is 28.5 Å². The Morgan fingerprint density at radius 1 is 1.25 bits per heavy atom. The Labute approximate surface area is 144 Å². The van der Waals surface area contributed by atoms with Crippen LogP contribution in [0.25, 0.3) is 11.5 Å². The quantitative estimate of drug-likeness (QED) is 0.802. The number of carbonyl (C=O) groups is 1. The molecule has 2 heterocycles. The van der Waals surface area contributed by atoms with Crippen LogP contribution in [0.2, 0.25) is 0 Å². The minimum atomic E-state index is -0.0518. The molecule has 1 amide bonds. The first-order valence-electron chi connectivity index (χ1n) is 7.68. The third kappa shape index (κ3) is 3.81. The molecule has 24 heavy (non-hydrogen) atoms. The fourth-order valence-electron chi connectivity index (χ4n) is 2.00. The standard InChI is InChI=1S/C16H19N3O4S/c1-9(2)10(3)17-14(20)7-24-16-19-18-15(23-16)11-4-5-12-13(6-11)22-8-21-12/h4-6,9-10H,7-8H2,1-3H3,(H,17,20)/t10-/m1/s1. The van der Waals surface area contributed by atoms with E-state index in [1.54, 1.807) is 12.1 Å². The van der Waals surface area contributed by atoms with Crippen LogP contribution in [0.5, 0.6) is 11.5 Å². The summed E-state index contributed by atoms with van der Waals surface area (Å²) in [5.41, 5.74) is 0.747. The van der Waals surface area contributed by atoms with Crippen LogP contribution in [-0.4, -0.2) is 34.7 Å². The highest BCUT2D eigenvalue weighted by molar-refractivity contribution is 7.99. The van der Waals surface area contributed by atoms with Crippen molar-refractivity contribution >= 4 is 17.7 Å². The van der Waals surface area contributed by atoms with Crippen LogP contribution >= 0.6 is 11.8 Å². The highest BCUT2D eigenvalue weighted by Gasteiger charge is 2.17. The lowest BCUT2D eigenvalue weighted by molar-refractivity contribution is -0.119. The summed E-state index contributed by atoms with van der Waals surface area (Å²) in [5, 5.41) is 11.3. The molecule has 0 bridgehead atoms. The number of benzene rings is 1. The summed E-state index contributed by atoms with van der Waals surface area (Å²) in [5.74, 6) is 2.31. The number of fused-ring (bicyclic) bond motifs is 1. The molecular formula is C16H19N3O4S. The number of thioether (sulfide) groups is 1. The van der Waals surface area contributed by atoms with Crippen molar-refractivity contribution < 1.29 is 18.7 Å². The molecule has 8 heteroatoms. The van der Waals surface area contributed by atoms with Gasteiger partial charge >= 0.3 is 0 Å². The summed E-state index contributed by atoms with van der Waals surface area (Å²) in [7, 11) is 0. The number of hydrogen-bond acceptors (Lipinski definition) is 7. The van der Waals surface area contributed by atoms with Crippen molar-refractivity contribution in [3.05, 3.63) is 18.2 Å². The molecule has 1 N–H and O–H groups in total. The monoisotopic (exact) mass is 349 g/mol. The van der Waals surface area contributed by atoms with E-state index < -0.39 is 0 Å². The van der Waals surface area contributed by atoms with E-state index in [4.69, 9.17) is 13.9 Å². The predicted octanol–water partition coefficient (Wildman–Crippen LogP) is 2.72. The van der Waals surface area contributed by atoms with E-state index in [0.717, 1.165) is 5.56 Å². The van der Waals surface area contributed by atoms with Crippen LogP contribution in [-0.2, 0) is 4.79 Å². The maximum atomic E-state index is 11.9. The van der Waals surface area contributed by atoms with Crippen LogP contribution in [0.15, 0.2) is 27.8 Å². The summed E-state index contributed by atoms with van der Waals surface area (Å²) in [6, 6.07) is 5.55. The lowest BCUT2D eigenvalue weighted by Crippen LogP contribution is -2.37. The number of amides is 1. The number of rotatable bonds is 6. The molecule has 0 fully saturated rings. The molecule has 0 aliphatic carbocycles. The van der Waals surface area contributed by atoms with Crippen molar-refractivity contribution in [2.75, 3.05) is 12.5 Å². The zero-order valence-electron chi connectivity index (χ0n) is 13.7. The Hall–Kier alpha value is -2.22. The second kappa shape index (κ2) is 7.12. The van der Waals surface area contributed by atoms with Crippen LogP contribution in [0.3, 0.4) is 0 Å². The highest BCUT2D eigenvalue weighted by Crippen LogP contribution is 2.35. The number of hydrogen-bond donors (Lipinski definition) is 1. The minimum Gasteiger partial charge on any atom is -0.454 e. The fraction of sp³-hybridized carbons (Fsp3) is 0.438. The number of ether oxygens (including phenoxy) is 2. The van der Waals surface area contributed by atoms with Gasteiger partial charge in [0, 0.05) is 11.6 Å². The Kier molecular flexibility index (Phi) is 4.94. The van der Waals surface area contributed by atoms with Gasteiger partial charge in [0.2, 0.25) is 18.6 Å². The van der Waals surface area contributed by atoms with Gasteiger partial charge in [-0.2, -0.15) is 0 Å². The molecule has 1 aromatic carbocycles. The first-order valence-corrected chi connectivity index (χ1v) is 8.67. The van der Waals surface area contributed by atoms with Gasteiger partial charge in [-0.3, -0.25) is 4.79 Å². The summed E-state index contributed by atoms with van der Waals surface area (Å²) < 4.78 is 16.2. The van der Waals surface area contributed by atoms with Crippen LogP contribution in [0, 0.1) is 5.92 Å². The lowest BCUT2D eigenvalue weighted by Gasteiger charge is -2.16. The second-order valence-corrected chi connectivity index (χ2v) is 6.76. The SMILES string of the molecule is CC(C)[C@@H](C)NC(=O)CSc1nnc(-c2ccc3c(c2)OCO3)o1. The first kappa shape index (κ1) is 16.6. The largest absolute Gasteiger partial charge is 0.454 e. The molecule has 0 unspecified atom stereocenters. The minimum absolute atomic E-state index is 0.0518. The highest BCUT2D eigenvalue weighted by atomic mass is 32.2. The molecule has 0 saturated carbocycles. The molecule has 1 aliphatic heterocycles. The van der Waals surface area contributed by atoms with Crippen molar-refractivity contribution in [2.24, 2.45) is 5.92 Å². The van der Waals surface area contributed by atoms with E-state index in [2.05, 4.69) is 29.4 Å². The van der Waals surface area contributed by atoms with Crippen molar-refractivity contribution in [3.8, 4) is 23.0 Å². The van der Waals surface area contributed by atoms with Gasteiger partial charge in [0.25, 0.3) is 5.22 Å². The van der Waals surface area contributed by atoms with E-state index in [1.165, 1.54) is 11.8 Å². The number of carbonyl (C=O) groups excluding carboxylic acids is 1. The lowest BCUT2D eigenvalue weighted by atomic mass is 10.1. The Morgan fingerprint density at radius 2 is 2.04 bits per heavy atom. The molecule has 1 atom stereocenters. The van der Waals surface area contributed by atoms with E-state index in [9.17, 15) is 4.79 Å². The molecule has 1 aliphatic rings. The number of aromatic nitrogens is 2. The molecule has 0 radical (unpaired) electrons. The smallest absolute Gasteiger partial charge is 0.277 e. The zero-order valence-corrected chi connectivity index (χ0v) is 14.6. The number of nitrogens with zero attached hydrogens (tertiary/aromatic N) is 2. The van der Waals surface area contributed by atoms with Gasteiger partial charge in [0.05, 0.1) is 5.75 Å². The summed E-state index contributed by atoms with van der Waals surface area (Å²) in [6.07, 6.45) is 0. The van der Waals surface area contributed by atoms with E-state index in [1.807, 2.05) is 13.0 Å². The summed E-state index contributed by atoms with van der Waals surface area (Å²) >= 11 is 1.21. The van der Waals surface area contributed by atoms with Gasteiger partial charge in [0.15, 0.2) is 11.5 Å². The molecular weight excluding hydrogens is 330 g/mol. The maximum Gasteiger partial charge on any atom is 0.277 e. The topological polar surface area (TPSA) is 86.5 Å².